The van der Waals surface area contributed by atoms with E-state index in [-0.39, 0.29) is 5.56 Å². The van der Waals surface area contributed by atoms with Crippen LogP contribution in [0.4, 0.5) is 21.8 Å². The summed E-state index contributed by atoms with van der Waals surface area (Å²) in [6, 6.07) is 11.2. The molecule has 0 unspecified atom stereocenters. The molecule has 2 heterocycles. The summed E-state index contributed by atoms with van der Waals surface area (Å²) in [6.45, 7) is 4.59. The van der Waals surface area contributed by atoms with Crippen LogP contribution in [0.2, 0.25) is 0 Å². The van der Waals surface area contributed by atoms with Crippen LogP contribution in [0.5, 0.6) is 0 Å². The molecule has 3 rings (SSSR count). The van der Waals surface area contributed by atoms with E-state index >= 15 is 0 Å². The van der Waals surface area contributed by atoms with Gasteiger partial charge < -0.3 is 16.0 Å². The van der Waals surface area contributed by atoms with E-state index in [0.717, 1.165) is 17.6 Å². The summed E-state index contributed by atoms with van der Waals surface area (Å²) >= 11 is 0. The zero-order valence-corrected chi connectivity index (χ0v) is 15.7. The second-order valence-corrected chi connectivity index (χ2v) is 6.25. The number of aryl methyl sites for hydroxylation is 2. The lowest BCUT2D eigenvalue weighted by atomic mass is 10.2. The van der Waals surface area contributed by atoms with Crippen LogP contribution in [0.15, 0.2) is 48.8 Å². The summed E-state index contributed by atoms with van der Waals surface area (Å²) < 4.78 is 13.5. The number of amides is 1. The number of pyridine rings is 1. The topological polar surface area (TPSA) is 91.8 Å². The fraction of sp³-hybridized carbons (Fsp3) is 0.200. The molecule has 0 spiro atoms. The van der Waals surface area contributed by atoms with Crippen molar-refractivity contribution in [2.24, 2.45) is 0 Å². The fourth-order valence-electron chi connectivity index (χ4n) is 2.50. The maximum absolute atomic E-state index is 13.5. The van der Waals surface area contributed by atoms with Crippen molar-refractivity contribution in [2.45, 2.75) is 13.8 Å². The third kappa shape index (κ3) is 5.23. The normalized spacial score (nSPS) is 10.4. The molecule has 0 aliphatic rings. The molecule has 0 fully saturated rings. The predicted octanol–water partition coefficient (Wildman–Crippen LogP) is 3.21. The molecule has 0 atom stereocenters. The first-order valence-electron chi connectivity index (χ1n) is 8.82. The molecule has 0 aliphatic carbocycles. The zero-order valence-electron chi connectivity index (χ0n) is 15.7. The molecule has 144 valence electrons. The van der Waals surface area contributed by atoms with Crippen LogP contribution in [0.25, 0.3) is 0 Å². The van der Waals surface area contributed by atoms with Crippen LogP contribution < -0.4 is 16.0 Å². The quantitative estimate of drug-likeness (QED) is 0.545. The number of carbonyl (C=O) groups excluding carboxylic acids is 1. The molecule has 0 aliphatic heterocycles. The molecule has 0 bridgehead atoms. The van der Waals surface area contributed by atoms with E-state index < -0.39 is 11.7 Å². The van der Waals surface area contributed by atoms with Crippen molar-refractivity contribution in [3.05, 3.63) is 71.4 Å². The number of hydrogen-bond donors (Lipinski definition) is 3. The Balaban J connectivity index is 1.54. The second-order valence-electron chi connectivity index (χ2n) is 6.25. The minimum absolute atomic E-state index is 0.0358. The Morgan fingerprint density at radius 2 is 1.86 bits per heavy atom. The molecule has 3 N–H and O–H groups in total. The lowest BCUT2D eigenvalue weighted by Gasteiger charge is -2.11. The maximum atomic E-state index is 13.5. The van der Waals surface area contributed by atoms with Gasteiger partial charge in [0.15, 0.2) is 5.82 Å². The smallest absolute Gasteiger partial charge is 0.254 e. The van der Waals surface area contributed by atoms with Crippen LogP contribution in [-0.4, -0.2) is 33.9 Å². The zero-order chi connectivity index (χ0) is 19.9. The number of benzene rings is 1. The van der Waals surface area contributed by atoms with Crippen LogP contribution in [0, 0.1) is 19.7 Å². The van der Waals surface area contributed by atoms with Crippen molar-refractivity contribution < 1.29 is 9.18 Å². The molecule has 28 heavy (non-hydrogen) atoms. The summed E-state index contributed by atoms with van der Waals surface area (Å²) in [5, 5.41) is 8.94. The summed E-state index contributed by atoms with van der Waals surface area (Å²) in [5.74, 6) is -0.0314. The Morgan fingerprint density at radius 3 is 2.61 bits per heavy atom. The Kier molecular flexibility index (Phi) is 6.11. The number of halogens is 1. The van der Waals surface area contributed by atoms with Gasteiger partial charge in [-0.1, -0.05) is 17.7 Å². The first-order valence-corrected chi connectivity index (χ1v) is 8.82. The van der Waals surface area contributed by atoms with Crippen molar-refractivity contribution in [2.75, 3.05) is 23.7 Å². The first kappa shape index (κ1) is 19.2. The molecular weight excluding hydrogens is 359 g/mol. The standard InChI is InChI=1S/C20H21FN6O/c1-13-3-5-15(6-4-13)26-18-11-14(2)25-20(27-18)24-10-9-23-19(28)16-7-8-22-12-17(16)21/h3-8,11-12H,9-10H2,1-2H3,(H,23,28)(H2,24,25,26,27). The number of aromatic nitrogens is 3. The number of carbonyl (C=O) groups is 1. The van der Waals surface area contributed by atoms with E-state index in [4.69, 9.17) is 0 Å². The van der Waals surface area contributed by atoms with Crippen molar-refractivity contribution in [3.8, 4) is 0 Å². The van der Waals surface area contributed by atoms with Gasteiger partial charge in [-0.3, -0.25) is 9.78 Å². The van der Waals surface area contributed by atoms with Gasteiger partial charge in [-0.05, 0) is 32.0 Å². The second kappa shape index (κ2) is 8.90. The van der Waals surface area contributed by atoms with E-state index in [2.05, 4.69) is 30.9 Å². The predicted molar refractivity (Wildman–Crippen MR) is 106 cm³/mol. The average Bonchev–Trinajstić information content (AvgIpc) is 2.67. The van der Waals surface area contributed by atoms with Gasteiger partial charge in [0.1, 0.15) is 5.82 Å². The Labute approximate surface area is 162 Å². The Morgan fingerprint density at radius 1 is 1.07 bits per heavy atom. The lowest BCUT2D eigenvalue weighted by molar-refractivity contribution is 0.0951. The number of nitrogens with one attached hydrogen (secondary N) is 3. The molecule has 1 aromatic carbocycles. The lowest BCUT2D eigenvalue weighted by Crippen LogP contribution is -2.29. The van der Waals surface area contributed by atoms with Gasteiger partial charge >= 0.3 is 0 Å². The van der Waals surface area contributed by atoms with Crippen LogP contribution in [0.3, 0.4) is 0 Å². The van der Waals surface area contributed by atoms with Gasteiger partial charge in [-0.2, -0.15) is 4.98 Å². The summed E-state index contributed by atoms with van der Waals surface area (Å²) in [5.41, 5.74) is 2.88. The number of nitrogens with zero attached hydrogens (tertiary/aromatic N) is 3. The van der Waals surface area contributed by atoms with Crippen LogP contribution in [0.1, 0.15) is 21.6 Å². The highest BCUT2D eigenvalue weighted by molar-refractivity contribution is 5.94. The summed E-state index contributed by atoms with van der Waals surface area (Å²) in [6.07, 6.45) is 2.38. The third-order valence-electron chi connectivity index (χ3n) is 3.89. The largest absolute Gasteiger partial charge is 0.352 e. The molecule has 0 radical (unpaired) electrons. The minimum atomic E-state index is -0.651. The number of rotatable bonds is 7. The molecule has 0 saturated heterocycles. The van der Waals surface area contributed by atoms with Gasteiger partial charge in [-0.15, -0.1) is 0 Å². The van der Waals surface area contributed by atoms with Gasteiger partial charge in [0.2, 0.25) is 5.95 Å². The summed E-state index contributed by atoms with van der Waals surface area (Å²) in [4.78, 5) is 24.3. The minimum Gasteiger partial charge on any atom is -0.352 e. The fourth-order valence-corrected chi connectivity index (χ4v) is 2.50. The highest BCUT2D eigenvalue weighted by atomic mass is 19.1. The van der Waals surface area contributed by atoms with E-state index in [1.165, 1.54) is 17.8 Å². The van der Waals surface area contributed by atoms with Crippen molar-refractivity contribution in [1.82, 2.24) is 20.3 Å². The van der Waals surface area contributed by atoms with Crippen molar-refractivity contribution in [1.29, 1.82) is 0 Å². The van der Waals surface area contributed by atoms with E-state index in [0.29, 0.717) is 24.9 Å². The third-order valence-corrected chi connectivity index (χ3v) is 3.89. The number of anilines is 3. The maximum Gasteiger partial charge on any atom is 0.254 e. The average molecular weight is 380 g/mol. The molecule has 3 aromatic rings. The number of hydrogen-bond acceptors (Lipinski definition) is 6. The molecule has 8 heteroatoms. The van der Waals surface area contributed by atoms with E-state index in [1.807, 2.05) is 44.2 Å². The monoisotopic (exact) mass is 380 g/mol. The van der Waals surface area contributed by atoms with E-state index in [1.54, 1.807) is 0 Å². The molecule has 7 nitrogen and oxygen atoms in total. The highest BCUT2D eigenvalue weighted by Gasteiger charge is 2.10. The van der Waals surface area contributed by atoms with Crippen molar-refractivity contribution in [3.63, 3.8) is 0 Å². The van der Waals surface area contributed by atoms with Gasteiger partial charge in [0.05, 0.1) is 11.8 Å². The summed E-state index contributed by atoms with van der Waals surface area (Å²) in [7, 11) is 0. The Bertz CT molecular complexity index is 961. The first-order chi connectivity index (χ1) is 13.5. The van der Waals surface area contributed by atoms with Crippen LogP contribution in [-0.2, 0) is 0 Å². The Hall–Kier alpha value is -3.55. The molecule has 0 saturated carbocycles. The van der Waals surface area contributed by atoms with Crippen LogP contribution >= 0.6 is 0 Å². The molecular formula is C20H21FN6O. The molecule has 1 amide bonds. The highest BCUT2D eigenvalue weighted by Crippen LogP contribution is 2.17. The van der Waals surface area contributed by atoms with Gasteiger partial charge in [0.25, 0.3) is 5.91 Å². The SMILES string of the molecule is Cc1ccc(Nc2cc(C)nc(NCCNC(=O)c3ccncc3F)n2)cc1. The van der Waals surface area contributed by atoms with Gasteiger partial charge in [0, 0.05) is 36.7 Å². The van der Waals surface area contributed by atoms with Gasteiger partial charge in [-0.25, -0.2) is 9.37 Å². The van der Waals surface area contributed by atoms with E-state index in [9.17, 15) is 9.18 Å². The van der Waals surface area contributed by atoms with Crippen molar-refractivity contribution >= 4 is 23.4 Å². The molecule has 2 aromatic heterocycles.